The second-order valence-electron chi connectivity index (χ2n) is 34.7. The molecule has 0 aliphatic carbocycles. The summed E-state index contributed by atoms with van der Waals surface area (Å²) in [5.74, 6) is 10.1. The van der Waals surface area contributed by atoms with E-state index in [1.807, 2.05) is 30.0 Å². The van der Waals surface area contributed by atoms with Gasteiger partial charge in [0.15, 0.2) is 0 Å². The Morgan fingerprint density at radius 3 is 1.20 bits per heavy atom. The van der Waals surface area contributed by atoms with Crippen LogP contribution in [0, 0.1) is 84.0 Å². The number of fused-ring (bicyclic) bond motifs is 3. The first-order valence-corrected chi connectivity index (χ1v) is 36.2. The van der Waals surface area contributed by atoms with Crippen LogP contribution in [0.15, 0.2) is 101 Å². The second kappa shape index (κ2) is 42.5. The van der Waals surface area contributed by atoms with Gasteiger partial charge in [0.2, 0.25) is 0 Å². The van der Waals surface area contributed by atoms with E-state index in [-0.39, 0.29) is 159 Å². The van der Waals surface area contributed by atoms with Gasteiger partial charge in [0.25, 0.3) is 0 Å². The summed E-state index contributed by atoms with van der Waals surface area (Å²) in [5.41, 5.74) is 24.1. The minimum absolute atomic E-state index is 0. The summed E-state index contributed by atoms with van der Waals surface area (Å²) in [7, 11) is 1.77. The fraction of sp³-hybridized carbons (Fsp3) is 0.478. The number of hydrogen-bond donors (Lipinski definition) is 0. The fourth-order valence-corrected chi connectivity index (χ4v) is 15.5. The molecule has 0 atom stereocenters. The van der Waals surface area contributed by atoms with Crippen molar-refractivity contribution in [2.75, 3.05) is 7.11 Å². The van der Waals surface area contributed by atoms with Crippen LogP contribution in [0.4, 0.5) is 0 Å². The van der Waals surface area contributed by atoms with Gasteiger partial charge in [0.1, 0.15) is 0 Å². The molecule has 0 saturated heterocycles. The molecule has 5 aromatic carbocycles. The molecule has 9 aromatic rings. The molecule has 0 bridgehead atoms. The van der Waals surface area contributed by atoms with Gasteiger partial charge in [-0.3, -0.25) is 4.98 Å². The van der Waals surface area contributed by atoms with Crippen molar-refractivity contribution in [3.63, 3.8) is 0 Å². The van der Waals surface area contributed by atoms with Gasteiger partial charge in [-0.2, -0.15) is 69.2 Å². The number of rotatable bonds is 7. The van der Waals surface area contributed by atoms with Gasteiger partial charge in [-0.05, 0) is 58.0 Å². The number of ether oxygens (including phenoxy) is 1. The molecule has 0 amide bonds. The second-order valence-corrected chi connectivity index (χ2v) is 35.5. The Morgan fingerprint density at radius 2 is 0.816 bits per heavy atom. The summed E-state index contributed by atoms with van der Waals surface area (Å²) in [4.78, 5) is 10.4. The zero-order valence-corrected chi connectivity index (χ0v) is 89.2. The van der Waals surface area contributed by atoms with Crippen LogP contribution in [-0.2, 0) is 159 Å². The van der Waals surface area contributed by atoms with E-state index in [0.29, 0.717) is 0 Å². The van der Waals surface area contributed by atoms with Crippen LogP contribution in [-0.4, -0.2) is 17.1 Å². The third-order valence-electron chi connectivity index (χ3n) is 18.0. The molecule has 0 aliphatic heterocycles. The topological polar surface area (TPSA) is 48.2 Å². The van der Waals surface area contributed by atoms with Crippen molar-refractivity contribution >= 4 is 43.7 Å². The van der Waals surface area contributed by atoms with E-state index in [1.54, 1.807) is 7.11 Å². The molecule has 0 N–H and O–H groups in total. The van der Waals surface area contributed by atoms with Crippen molar-refractivity contribution in [3.05, 3.63) is 238 Å². The summed E-state index contributed by atoms with van der Waals surface area (Å²) in [5, 5.41) is 10.1. The SMILES string of the molecule is COc1c([C-](C)C)c(C(C)(C)C)c(C)c2ccccc12.Cc1c(C(C)(C)C)c([C-](C)C)cc2cc3ccccc3cc12.Cc1ccnc([C-](C)C)c1C(C)(C)C.Cc1coc([C-](C)C)c1C(C)(C)C.Cc1csc([C-](C)C)c1C(C)(C)C.Cc1ncc([C-](C)C)c(C(C)(C)C)c1C.[W].[W].[W].[W].[W].[W]. The molecular weight excluding hydrogens is 2300 g/mol. The van der Waals surface area contributed by atoms with Crippen LogP contribution in [0.3, 0.4) is 0 Å². The quantitative estimate of drug-likeness (QED) is 0.118. The van der Waals surface area contributed by atoms with Gasteiger partial charge >= 0.3 is 0 Å². The molecule has 4 aromatic heterocycles. The van der Waals surface area contributed by atoms with Gasteiger partial charge in [-0.15, -0.1) is 85.4 Å². The number of methoxy groups -OCH3 is 1. The van der Waals surface area contributed by atoms with Gasteiger partial charge < -0.3 is 14.1 Å². The van der Waals surface area contributed by atoms with Crippen molar-refractivity contribution in [1.29, 1.82) is 0 Å². The summed E-state index contributed by atoms with van der Waals surface area (Å²) >= 11 is 1.87. The van der Waals surface area contributed by atoms with E-state index in [4.69, 9.17) is 9.15 Å². The Balaban J connectivity index is -0.00000117. The Morgan fingerprint density at radius 1 is 0.379 bits per heavy atom. The first kappa shape index (κ1) is 104. The number of thiophene rings is 1. The van der Waals surface area contributed by atoms with E-state index in [2.05, 4.69) is 344 Å². The maximum absolute atomic E-state index is 5.79. The third kappa shape index (κ3) is 27.1. The average Bonchev–Trinajstić information content (AvgIpc) is 1.49. The predicted octanol–water partition coefficient (Wildman–Crippen LogP) is 27.7. The number of aromatic nitrogens is 2. The van der Waals surface area contributed by atoms with Crippen LogP contribution in [0.5, 0.6) is 5.75 Å². The van der Waals surface area contributed by atoms with E-state index in [1.165, 1.54) is 156 Å². The number of pyridine rings is 2. The van der Waals surface area contributed by atoms with Crippen LogP contribution in [0.1, 0.15) is 313 Å². The third-order valence-corrected chi connectivity index (χ3v) is 19.4. The largest absolute Gasteiger partial charge is 0.553 e. The Kier molecular flexibility index (Phi) is 43.1. The molecule has 9 rings (SSSR count). The summed E-state index contributed by atoms with van der Waals surface area (Å²) < 4.78 is 11.3. The van der Waals surface area contributed by atoms with E-state index in [0.717, 1.165) is 22.9 Å². The number of benzene rings is 5. The molecule has 0 radical (unpaired) electrons. The molecule has 0 saturated carbocycles. The van der Waals surface area contributed by atoms with Gasteiger partial charge in [-0.25, -0.2) is 5.92 Å². The first-order chi connectivity index (χ1) is 44.3. The van der Waals surface area contributed by atoms with Crippen molar-refractivity contribution < 1.29 is 136 Å². The van der Waals surface area contributed by atoms with Crippen LogP contribution in [0.2, 0.25) is 0 Å². The minimum Gasteiger partial charge on any atom is -0.553 e. The van der Waals surface area contributed by atoms with Gasteiger partial charge in [0.05, 0.1) is 13.4 Å². The summed E-state index contributed by atoms with van der Waals surface area (Å²) in [6.07, 6.45) is 5.76. The maximum Gasteiger partial charge on any atom is 0.0720 e. The van der Waals surface area contributed by atoms with Crippen molar-refractivity contribution in [1.82, 2.24) is 9.97 Å². The molecule has 568 valence electrons. The number of hydrogen-bond acceptors (Lipinski definition) is 5. The molecule has 0 unspecified atom stereocenters. The van der Waals surface area contributed by atoms with Gasteiger partial charge in [-0.1, -0.05) is 333 Å². The molecule has 103 heavy (non-hydrogen) atoms. The predicted molar refractivity (Wildman–Crippen MR) is 431 cm³/mol. The Labute approximate surface area is 720 Å². The fourth-order valence-electron chi connectivity index (χ4n) is 14.3. The minimum atomic E-state index is 0. The Hall–Kier alpha value is -2.69. The maximum atomic E-state index is 5.79. The van der Waals surface area contributed by atoms with E-state index in [9.17, 15) is 0 Å². The Bertz CT molecular complexity index is 4020. The number of furan rings is 1. The molecule has 0 aliphatic rings. The summed E-state index contributed by atoms with van der Waals surface area (Å²) in [6, 6.07) is 26.3. The van der Waals surface area contributed by atoms with Crippen LogP contribution >= 0.6 is 11.3 Å². The molecule has 0 spiro atoms. The molecule has 4 nitrogen and oxygen atoms in total. The normalized spacial score (nSPS) is 11.1. The number of aryl methyl sites for hydroxylation is 6. The zero-order chi connectivity index (χ0) is 74.3. The number of nitrogens with zero attached hydrogens (tertiary/aromatic N) is 2. The standard InChI is InChI=1S/C22H25.C19H25O.C14H22N.C13H20N.C12H19O.C12H19S.6W/c1-14(2)19-13-18-11-16-9-7-8-10-17(16)12-20(18)15(3)21(19)22(4,5)6;1-12(2)16-17(19(4,5)6)13(3)14-10-8-9-11-15(14)18(16)20-7;1-9(2)12-8-15-11(4)10(3)13(12)14(5,6)7;1-9(2)12-11(13(4,5)6)10(3)7-8-14-12;2*1-8(2)11-10(12(4,5)6)9(3)7-13-11;;;;;;/h7-13H,1-6H3;8-11H,1-7H3;8H,1-7H3;7-8H,1-6H3;2*7H,1-6H3;;;;;;/q6*-1;;;;;;. The van der Waals surface area contributed by atoms with Crippen LogP contribution < -0.4 is 4.74 Å². The summed E-state index contributed by atoms with van der Waals surface area (Å²) in [6.45, 7) is 81.9. The van der Waals surface area contributed by atoms with Crippen molar-refractivity contribution in [2.45, 2.75) is 289 Å². The van der Waals surface area contributed by atoms with Crippen molar-refractivity contribution in [3.8, 4) is 5.75 Å². The average molecular weight is 2430 g/mol. The monoisotopic (exact) mass is 2430 g/mol. The van der Waals surface area contributed by atoms with Gasteiger partial charge in [0, 0.05) is 144 Å². The zero-order valence-electron chi connectivity index (χ0n) is 70.8. The van der Waals surface area contributed by atoms with Crippen molar-refractivity contribution in [2.24, 2.45) is 0 Å². The van der Waals surface area contributed by atoms with E-state index >= 15 is 0 Å². The first-order valence-electron chi connectivity index (χ1n) is 35.3. The molecule has 4 heterocycles. The molecule has 0 fully saturated rings. The van der Waals surface area contributed by atoms with E-state index < -0.39 is 0 Å². The van der Waals surface area contributed by atoms with Crippen LogP contribution in [0.25, 0.3) is 32.3 Å². The molecular formula is C92H130N2O2SW6-6. The molecule has 11 heteroatoms. The smallest absolute Gasteiger partial charge is 0.0720 e.